The molecule has 0 radical (unpaired) electrons. The fourth-order valence-electron chi connectivity index (χ4n) is 2.33. The first-order valence-electron chi connectivity index (χ1n) is 8.01. The number of carbonyl (C=O) groups excluding carboxylic acids is 1. The van der Waals surface area contributed by atoms with E-state index in [2.05, 4.69) is 10.1 Å². The number of aromatic nitrogens is 1. The van der Waals surface area contributed by atoms with Crippen LogP contribution >= 0.6 is 0 Å². The minimum absolute atomic E-state index is 0.174. The number of ether oxygens (including phenoxy) is 1. The number of para-hydroxylation sites is 2. The average Bonchev–Trinajstić information content (AvgIpc) is 2.69. The van der Waals surface area contributed by atoms with Crippen LogP contribution in [0.3, 0.4) is 0 Å². The van der Waals surface area contributed by atoms with Gasteiger partial charge in [0.15, 0.2) is 0 Å². The minimum atomic E-state index is -0.844. The van der Waals surface area contributed by atoms with Crippen molar-refractivity contribution < 1.29 is 14.7 Å². The lowest BCUT2D eigenvalue weighted by Gasteiger charge is -2.16. The van der Waals surface area contributed by atoms with Crippen LogP contribution in [0.25, 0.3) is 0 Å². The number of hydrogen-bond donors (Lipinski definition) is 1. The Hall–Kier alpha value is -3.35. The van der Waals surface area contributed by atoms with E-state index >= 15 is 0 Å². The van der Waals surface area contributed by atoms with Crippen molar-refractivity contribution in [2.45, 2.75) is 6.92 Å². The van der Waals surface area contributed by atoms with Crippen LogP contribution in [0.15, 0.2) is 84.2 Å². The third-order valence-corrected chi connectivity index (χ3v) is 3.66. The van der Waals surface area contributed by atoms with Crippen molar-refractivity contribution in [3.05, 3.63) is 95.5 Å². The van der Waals surface area contributed by atoms with Gasteiger partial charge in [-0.05, 0) is 43.3 Å². The SMILES string of the molecule is CC(=N[NH+]([O-])C(=O)c1ccccc1Oc1ccccc1)c1ccncc1. The fourth-order valence-corrected chi connectivity index (χ4v) is 2.33. The molecule has 6 nitrogen and oxygen atoms in total. The number of pyridine rings is 1. The van der Waals surface area contributed by atoms with Crippen molar-refractivity contribution in [1.82, 2.24) is 4.98 Å². The molecule has 1 aromatic heterocycles. The zero-order valence-corrected chi connectivity index (χ0v) is 14.1. The standard InChI is InChI=1S/C20H17N3O3/c1-15(16-11-13-21-14-12-16)22-23(25)20(24)18-9-5-6-10-19(18)26-17-7-3-2-4-8-17/h2-14,23H,1H3. The van der Waals surface area contributed by atoms with Gasteiger partial charge in [0.25, 0.3) is 0 Å². The van der Waals surface area contributed by atoms with Gasteiger partial charge in [-0.3, -0.25) is 4.98 Å². The highest BCUT2D eigenvalue weighted by Gasteiger charge is 2.20. The van der Waals surface area contributed by atoms with E-state index in [9.17, 15) is 10.0 Å². The lowest BCUT2D eigenvalue weighted by Crippen LogP contribution is -3.05. The largest absolute Gasteiger partial charge is 0.598 e. The Labute approximate surface area is 151 Å². The van der Waals surface area contributed by atoms with Gasteiger partial charge in [0.2, 0.25) is 0 Å². The molecule has 1 N–H and O–H groups in total. The second-order valence-electron chi connectivity index (χ2n) is 5.48. The molecule has 0 aliphatic rings. The van der Waals surface area contributed by atoms with E-state index in [4.69, 9.17) is 4.74 Å². The number of hydroxylamine groups is 1. The first-order valence-corrected chi connectivity index (χ1v) is 8.01. The van der Waals surface area contributed by atoms with Gasteiger partial charge in [0, 0.05) is 18.0 Å². The summed E-state index contributed by atoms with van der Waals surface area (Å²) >= 11 is 0. The highest BCUT2D eigenvalue weighted by Crippen LogP contribution is 2.24. The number of amides is 1. The predicted octanol–water partition coefficient (Wildman–Crippen LogP) is 2.82. The molecule has 3 aromatic rings. The second-order valence-corrected chi connectivity index (χ2v) is 5.48. The van der Waals surface area contributed by atoms with Gasteiger partial charge >= 0.3 is 5.91 Å². The van der Waals surface area contributed by atoms with Crippen molar-refractivity contribution >= 4 is 11.6 Å². The van der Waals surface area contributed by atoms with Crippen LogP contribution in [0.2, 0.25) is 0 Å². The van der Waals surface area contributed by atoms with Gasteiger partial charge in [0.1, 0.15) is 22.8 Å². The zero-order chi connectivity index (χ0) is 18.4. The molecule has 3 rings (SSSR count). The van der Waals surface area contributed by atoms with E-state index in [0.717, 1.165) is 5.56 Å². The Morgan fingerprint density at radius 3 is 2.38 bits per heavy atom. The van der Waals surface area contributed by atoms with Crippen LogP contribution in [0.1, 0.15) is 22.8 Å². The normalized spacial score (nSPS) is 12.5. The summed E-state index contributed by atoms with van der Waals surface area (Å²) in [5, 5.41) is 15.4. The lowest BCUT2D eigenvalue weighted by atomic mass is 10.2. The highest BCUT2D eigenvalue weighted by atomic mass is 16.5. The molecule has 1 unspecified atom stereocenters. The summed E-state index contributed by atoms with van der Waals surface area (Å²) < 4.78 is 5.74. The molecule has 130 valence electrons. The Bertz CT molecular complexity index is 912. The quantitative estimate of drug-likeness (QED) is 0.568. The van der Waals surface area contributed by atoms with E-state index in [1.165, 1.54) is 0 Å². The molecule has 0 spiro atoms. The topological polar surface area (TPSA) is 79.0 Å². The molecular weight excluding hydrogens is 330 g/mol. The summed E-state index contributed by atoms with van der Waals surface area (Å²) in [6.07, 6.45) is 3.20. The Balaban J connectivity index is 1.83. The van der Waals surface area contributed by atoms with Crippen molar-refractivity contribution in [2.75, 3.05) is 0 Å². The van der Waals surface area contributed by atoms with Crippen LogP contribution < -0.4 is 9.91 Å². The van der Waals surface area contributed by atoms with Crippen molar-refractivity contribution in [3.63, 3.8) is 0 Å². The first kappa shape index (κ1) is 17.5. The zero-order valence-electron chi connectivity index (χ0n) is 14.1. The number of benzene rings is 2. The summed E-state index contributed by atoms with van der Waals surface area (Å²) in [4.78, 5) is 16.5. The van der Waals surface area contributed by atoms with Crippen LogP contribution in [-0.4, -0.2) is 16.6 Å². The van der Waals surface area contributed by atoms with Gasteiger partial charge in [-0.15, -0.1) is 0 Å². The predicted molar refractivity (Wildman–Crippen MR) is 98.1 cm³/mol. The van der Waals surface area contributed by atoms with E-state index in [1.807, 2.05) is 18.2 Å². The minimum Gasteiger partial charge on any atom is -0.598 e. The van der Waals surface area contributed by atoms with Crippen LogP contribution in [0.5, 0.6) is 11.5 Å². The fraction of sp³-hybridized carbons (Fsp3) is 0.0500. The molecule has 1 amide bonds. The molecule has 2 aromatic carbocycles. The van der Waals surface area contributed by atoms with Gasteiger partial charge in [0.05, 0.1) is 0 Å². The smallest absolute Gasteiger partial charge is 0.374 e. The van der Waals surface area contributed by atoms with Crippen LogP contribution in [-0.2, 0) is 0 Å². The molecule has 0 fully saturated rings. The molecule has 0 aliphatic carbocycles. The third-order valence-electron chi connectivity index (χ3n) is 3.66. The van der Waals surface area contributed by atoms with E-state index in [1.54, 1.807) is 67.8 Å². The summed E-state index contributed by atoms with van der Waals surface area (Å²) in [6, 6.07) is 19.1. The van der Waals surface area contributed by atoms with Crippen molar-refractivity contribution in [1.29, 1.82) is 0 Å². The molecule has 0 saturated carbocycles. The Morgan fingerprint density at radius 1 is 1.00 bits per heavy atom. The Kier molecular flexibility index (Phi) is 5.48. The van der Waals surface area contributed by atoms with E-state index < -0.39 is 11.1 Å². The summed E-state index contributed by atoms with van der Waals surface area (Å²) in [5.41, 5.74) is 1.36. The second kappa shape index (κ2) is 8.15. The molecule has 1 atom stereocenters. The van der Waals surface area contributed by atoms with Gasteiger partial charge in [-0.25, -0.2) is 4.79 Å². The third kappa shape index (κ3) is 4.18. The number of quaternary nitrogens is 1. The maximum atomic E-state index is 12.6. The summed E-state index contributed by atoms with van der Waals surface area (Å²) in [5.74, 6) is 0.176. The Morgan fingerprint density at radius 2 is 1.65 bits per heavy atom. The van der Waals surface area contributed by atoms with Gasteiger partial charge in [-0.2, -0.15) is 5.17 Å². The maximum Gasteiger partial charge on any atom is 0.374 e. The number of nitrogens with one attached hydrogen (secondary N) is 1. The van der Waals surface area contributed by atoms with E-state index in [-0.39, 0.29) is 5.56 Å². The molecule has 26 heavy (non-hydrogen) atoms. The van der Waals surface area contributed by atoms with E-state index in [0.29, 0.717) is 17.2 Å². The lowest BCUT2D eigenvalue weighted by molar-refractivity contribution is -0.764. The summed E-state index contributed by atoms with van der Waals surface area (Å²) in [6.45, 7) is 1.67. The number of hydrogen-bond acceptors (Lipinski definition) is 5. The van der Waals surface area contributed by atoms with Crippen molar-refractivity contribution in [3.8, 4) is 11.5 Å². The van der Waals surface area contributed by atoms with Crippen LogP contribution in [0.4, 0.5) is 0 Å². The number of carbonyl (C=O) groups is 1. The molecule has 0 aliphatic heterocycles. The average molecular weight is 347 g/mol. The summed E-state index contributed by atoms with van der Waals surface area (Å²) in [7, 11) is 0. The van der Waals surface area contributed by atoms with Gasteiger partial charge in [-0.1, -0.05) is 35.4 Å². The number of rotatable bonds is 5. The molecule has 1 heterocycles. The highest BCUT2D eigenvalue weighted by molar-refractivity contribution is 5.98. The maximum absolute atomic E-state index is 12.6. The molecular formula is C20H17N3O3. The van der Waals surface area contributed by atoms with Crippen LogP contribution in [0, 0.1) is 5.21 Å². The van der Waals surface area contributed by atoms with Gasteiger partial charge < -0.3 is 9.94 Å². The molecule has 0 saturated heterocycles. The monoisotopic (exact) mass is 347 g/mol. The van der Waals surface area contributed by atoms with Crippen molar-refractivity contribution in [2.24, 2.45) is 5.10 Å². The molecule has 0 bridgehead atoms. The molecule has 6 heteroatoms. The number of nitrogens with zero attached hydrogens (tertiary/aromatic N) is 2. The first-order chi connectivity index (χ1) is 12.6.